The summed E-state index contributed by atoms with van der Waals surface area (Å²) in [6.07, 6.45) is 2.73. The number of carbonyl (C=O) groups is 1. The van der Waals surface area contributed by atoms with Crippen molar-refractivity contribution >= 4 is 29.9 Å². The highest BCUT2D eigenvalue weighted by Crippen LogP contribution is 2.40. The van der Waals surface area contributed by atoms with Crippen molar-refractivity contribution in [2.75, 3.05) is 0 Å². The molecule has 2 heterocycles. The van der Waals surface area contributed by atoms with Gasteiger partial charge in [-0.3, -0.25) is 14.8 Å². The second-order valence-electron chi connectivity index (χ2n) is 9.69. The lowest BCUT2D eigenvalue weighted by Gasteiger charge is -2.23. The largest absolute Gasteiger partial charge is 0.350 e. The molecule has 160 valence electrons. The summed E-state index contributed by atoms with van der Waals surface area (Å²) in [6, 6.07) is 9.67. The smallest absolute Gasteiger partial charge is 0.237 e. The molecule has 3 rings (SSSR count). The zero-order valence-corrected chi connectivity index (χ0v) is 19.6. The van der Waals surface area contributed by atoms with Crippen LogP contribution in [0.2, 0.25) is 5.02 Å². The highest BCUT2D eigenvalue weighted by molar-refractivity contribution is 6.30. The van der Waals surface area contributed by atoms with Crippen LogP contribution >= 0.6 is 24.0 Å². The van der Waals surface area contributed by atoms with Crippen LogP contribution in [0.1, 0.15) is 71.2 Å². The lowest BCUT2D eigenvalue weighted by molar-refractivity contribution is -0.124. The summed E-state index contributed by atoms with van der Waals surface area (Å²) in [5.74, 6) is 0.143. The van der Waals surface area contributed by atoms with Gasteiger partial charge in [-0.15, -0.1) is 12.4 Å². The van der Waals surface area contributed by atoms with E-state index in [1.165, 1.54) is 0 Å². The number of nitrogens with one attached hydrogen (secondary N) is 2. The fraction of sp³-hybridized carbons (Fsp3) is 0.545. The van der Waals surface area contributed by atoms with Crippen LogP contribution < -0.4 is 10.6 Å². The molecule has 0 saturated carbocycles. The molecule has 0 spiro atoms. The minimum Gasteiger partial charge on any atom is -0.350 e. The maximum absolute atomic E-state index is 12.8. The van der Waals surface area contributed by atoms with Crippen molar-refractivity contribution in [1.82, 2.24) is 20.4 Å². The second kappa shape index (κ2) is 8.66. The predicted molar refractivity (Wildman–Crippen MR) is 121 cm³/mol. The van der Waals surface area contributed by atoms with Crippen molar-refractivity contribution in [2.45, 2.75) is 77.0 Å². The normalized spacial score (nSPS) is 22.2. The van der Waals surface area contributed by atoms with E-state index >= 15 is 0 Å². The predicted octanol–water partition coefficient (Wildman–Crippen LogP) is 4.81. The molecule has 1 aromatic heterocycles. The van der Waals surface area contributed by atoms with E-state index in [0.29, 0.717) is 11.4 Å². The first-order valence-electron chi connectivity index (χ1n) is 9.84. The first-order chi connectivity index (χ1) is 12.9. The standard InChI is InChI=1S/C22H31ClN4O.ClH/c1-21(2,3)25-20(28)18-13-16(17-11-12-27(26-17)22(4,5)6)19(24-18)14-7-9-15(23)10-8-14;/h7-12,16,18-19,24H,13H2,1-6H3,(H,25,28);1H/t16?,18-,19-;/m0./s1. The summed E-state index contributed by atoms with van der Waals surface area (Å²) in [4.78, 5) is 12.8. The van der Waals surface area contributed by atoms with E-state index in [4.69, 9.17) is 16.7 Å². The highest BCUT2D eigenvalue weighted by Gasteiger charge is 2.40. The van der Waals surface area contributed by atoms with Crippen molar-refractivity contribution in [3.63, 3.8) is 0 Å². The number of hydrogen-bond acceptors (Lipinski definition) is 3. The fourth-order valence-corrected chi connectivity index (χ4v) is 3.76. The molecule has 7 heteroatoms. The molecule has 1 aliphatic heterocycles. The van der Waals surface area contributed by atoms with Crippen LogP contribution in [0.3, 0.4) is 0 Å². The van der Waals surface area contributed by atoms with Gasteiger partial charge < -0.3 is 5.32 Å². The summed E-state index contributed by atoms with van der Waals surface area (Å²) in [5.41, 5.74) is 1.78. The number of halogens is 2. The minimum absolute atomic E-state index is 0. The summed E-state index contributed by atoms with van der Waals surface area (Å²) in [6.45, 7) is 12.4. The van der Waals surface area contributed by atoms with E-state index in [1.807, 2.05) is 55.9 Å². The van der Waals surface area contributed by atoms with Gasteiger partial charge in [0.15, 0.2) is 0 Å². The van der Waals surface area contributed by atoms with E-state index in [9.17, 15) is 4.79 Å². The molecule has 2 N–H and O–H groups in total. The summed E-state index contributed by atoms with van der Waals surface area (Å²) in [5, 5.41) is 12.2. The van der Waals surface area contributed by atoms with Crippen molar-refractivity contribution in [3.05, 3.63) is 52.8 Å². The molecule has 5 nitrogen and oxygen atoms in total. The van der Waals surface area contributed by atoms with Gasteiger partial charge in [-0.1, -0.05) is 23.7 Å². The van der Waals surface area contributed by atoms with Gasteiger partial charge in [-0.2, -0.15) is 5.10 Å². The molecular formula is C22H32Cl2N4O. The van der Waals surface area contributed by atoms with Gasteiger partial charge in [-0.05, 0) is 71.7 Å². The summed E-state index contributed by atoms with van der Waals surface area (Å²) in [7, 11) is 0. The Morgan fingerprint density at radius 1 is 1.14 bits per heavy atom. The maximum Gasteiger partial charge on any atom is 0.237 e. The van der Waals surface area contributed by atoms with Gasteiger partial charge in [0.1, 0.15) is 0 Å². The molecule has 1 saturated heterocycles. The fourth-order valence-electron chi connectivity index (χ4n) is 3.63. The number of aromatic nitrogens is 2. The molecule has 1 aromatic carbocycles. The van der Waals surface area contributed by atoms with Gasteiger partial charge in [0.2, 0.25) is 5.91 Å². The molecule has 3 atom stereocenters. The average molecular weight is 439 g/mol. The average Bonchev–Trinajstić information content (AvgIpc) is 3.20. The molecule has 1 unspecified atom stereocenters. The van der Waals surface area contributed by atoms with Crippen molar-refractivity contribution in [2.24, 2.45) is 0 Å². The van der Waals surface area contributed by atoms with Crippen LogP contribution in [0, 0.1) is 0 Å². The van der Waals surface area contributed by atoms with Crippen molar-refractivity contribution in [1.29, 1.82) is 0 Å². The summed E-state index contributed by atoms with van der Waals surface area (Å²) >= 11 is 6.08. The SMILES string of the molecule is CC(C)(C)NC(=O)[C@@H]1CC(c2ccn(C(C)(C)C)n2)[C@H](c2ccc(Cl)cc2)N1.Cl. The van der Waals surface area contributed by atoms with Gasteiger partial charge in [0.05, 0.1) is 17.3 Å². The van der Waals surface area contributed by atoms with Crippen LogP contribution in [0.4, 0.5) is 0 Å². The molecule has 29 heavy (non-hydrogen) atoms. The quantitative estimate of drug-likeness (QED) is 0.721. The Morgan fingerprint density at radius 3 is 2.28 bits per heavy atom. The number of nitrogens with zero attached hydrogens (tertiary/aromatic N) is 2. The topological polar surface area (TPSA) is 59.0 Å². The summed E-state index contributed by atoms with van der Waals surface area (Å²) < 4.78 is 1.99. The van der Waals surface area contributed by atoms with E-state index in [0.717, 1.165) is 11.3 Å². The molecule has 0 radical (unpaired) electrons. The molecule has 1 fully saturated rings. The third-order valence-corrected chi connectivity index (χ3v) is 5.25. The van der Waals surface area contributed by atoms with E-state index < -0.39 is 0 Å². The monoisotopic (exact) mass is 438 g/mol. The van der Waals surface area contributed by atoms with Gasteiger partial charge in [-0.25, -0.2) is 0 Å². The molecule has 0 bridgehead atoms. The van der Waals surface area contributed by atoms with Crippen LogP contribution in [0.5, 0.6) is 0 Å². The minimum atomic E-state index is -0.263. The first-order valence-corrected chi connectivity index (χ1v) is 10.2. The molecular weight excluding hydrogens is 407 g/mol. The number of hydrogen-bond donors (Lipinski definition) is 2. The maximum atomic E-state index is 12.8. The van der Waals surface area contributed by atoms with Crippen LogP contribution in [0.25, 0.3) is 0 Å². The Morgan fingerprint density at radius 2 is 1.76 bits per heavy atom. The molecule has 1 aliphatic rings. The van der Waals surface area contributed by atoms with Crippen LogP contribution in [-0.4, -0.2) is 27.3 Å². The Labute approximate surface area is 185 Å². The number of carbonyl (C=O) groups excluding carboxylic acids is 1. The zero-order valence-electron chi connectivity index (χ0n) is 18.0. The van der Waals surface area contributed by atoms with Crippen LogP contribution in [0.15, 0.2) is 36.5 Å². The number of rotatable bonds is 3. The van der Waals surface area contributed by atoms with E-state index in [1.54, 1.807) is 0 Å². The van der Waals surface area contributed by atoms with Crippen molar-refractivity contribution in [3.8, 4) is 0 Å². The third kappa shape index (κ3) is 5.74. The Balaban J connectivity index is 0.00000300. The Kier molecular flexibility index (Phi) is 7.09. The Hall–Kier alpha value is -1.56. The van der Waals surface area contributed by atoms with Gasteiger partial charge in [0, 0.05) is 28.7 Å². The van der Waals surface area contributed by atoms with Gasteiger partial charge >= 0.3 is 0 Å². The van der Waals surface area contributed by atoms with Crippen LogP contribution in [-0.2, 0) is 10.3 Å². The first kappa shape index (κ1) is 23.7. The third-order valence-electron chi connectivity index (χ3n) is 4.99. The van der Waals surface area contributed by atoms with E-state index in [2.05, 4.69) is 37.5 Å². The zero-order chi connectivity index (χ0) is 20.7. The second-order valence-corrected chi connectivity index (χ2v) is 10.1. The van der Waals surface area contributed by atoms with E-state index in [-0.39, 0.29) is 47.4 Å². The highest BCUT2D eigenvalue weighted by atomic mass is 35.5. The molecule has 2 aromatic rings. The Bertz CT molecular complexity index is 834. The number of amides is 1. The number of benzene rings is 1. The molecule has 0 aliphatic carbocycles. The van der Waals surface area contributed by atoms with Crippen molar-refractivity contribution < 1.29 is 4.79 Å². The lowest BCUT2D eigenvalue weighted by atomic mass is 9.90. The lowest BCUT2D eigenvalue weighted by Crippen LogP contribution is -2.48. The molecule has 1 amide bonds. The van der Waals surface area contributed by atoms with Gasteiger partial charge in [0.25, 0.3) is 0 Å².